The number of carbonyl (C=O) groups excluding carboxylic acids is 2. The predicted molar refractivity (Wildman–Crippen MR) is 101 cm³/mol. The maximum Gasteiger partial charge on any atom is 0.224 e. The molecule has 0 heterocycles. The maximum absolute atomic E-state index is 12.2. The molecule has 5 heteroatoms. The Labute approximate surface area is 153 Å². The minimum absolute atomic E-state index is 0.0694. The van der Waals surface area contributed by atoms with Crippen molar-refractivity contribution in [1.29, 1.82) is 0 Å². The summed E-state index contributed by atoms with van der Waals surface area (Å²) in [4.78, 5) is 24.3. The molecule has 25 heavy (non-hydrogen) atoms. The topological polar surface area (TPSA) is 55.4 Å². The Morgan fingerprint density at radius 2 is 1.80 bits per heavy atom. The fraction of sp³-hybridized carbons (Fsp3) is 0.300. The summed E-state index contributed by atoms with van der Waals surface area (Å²) >= 11 is 5.94. The number of rotatable bonds is 8. The number of halogens is 1. The summed E-state index contributed by atoms with van der Waals surface area (Å²) in [6.07, 6.45) is 1.21. The first kappa shape index (κ1) is 19.0. The lowest BCUT2D eigenvalue weighted by atomic mass is 10.1. The normalized spacial score (nSPS) is 10.4. The minimum Gasteiger partial charge on any atom is -0.494 e. The molecule has 0 aromatic heterocycles. The summed E-state index contributed by atoms with van der Waals surface area (Å²) < 4.78 is 5.49. The number of nitrogens with one attached hydrogen (secondary N) is 1. The zero-order valence-corrected chi connectivity index (χ0v) is 15.2. The SMILES string of the molecule is CCCOc1ccc(C(=O)CCC(=O)Nc2cc(Cl)ccc2C)cc1. The van der Waals surface area contributed by atoms with Gasteiger partial charge in [-0.25, -0.2) is 0 Å². The van der Waals surface area contributed by atoms with Gasteiger partial charge in [-0.2, -0.15) is 0 Å². The molecular weight excluding hydrogens is 338 g/mol. The number of amides is 1. The first-order chi connectivity index (χ1) is 12.0. The second kappa shape index (κ2) is 9.23. The van der Waals surface area contributed by atoms with Crippen LogP contribution in [0.25, 0.3) is 0 Å². The molecule has 2 rings (SSSR count). The van der Waals surface area contributed by atoms with Crippen LogP contribution in [0.3, 0.4) is 0 Å². The van der Waals surface area contributed by atoms with Crippen LogP contribution in [-0.2, 0) is 4.79 Å². The summed E-state index contributed by atoms with van der Waals surface area (Å²) in [6.45, 7) is 4.57. The van der Waals surface area contributed by atoms with Crippen LogP contribution in [0.1, 0.15) is 42.1 Å². The Kier molecular flexibility index (Phi) is 7.02. The van der Waals surface area contributed by atoms with Crippen LogP contribution in [0.5, 0.6) is 5.75 Å². The molecule has 0 spiro atoms. The summed E-state index contributed by atoms with van der Waals surface area (Å²) in [7, 11) is 0. The number of aryl methyl sites for hydroxylation is 1. The van der Waals surface area contributed by atoms with Gasteiger partial charge in [0.15, 0.2) is 5.78 Å². The molecule has 0 bridgehead atoms. The third-order valence-electron chi connectivity index (χ3n) is 3.70. The van der Waals surface area contributed by atoms with Crippen molar-refractivity contribution < 1.29 is 14.3 Å². The van der Waals surface area contributed by atoms with E-state index in [9.17, 15) is 9.59 Å². The Balaban J connectivity index is 1.86. The highest BCUT2D eigenvalue weighted by Crippen LogP contribution is 2.20. The van der Waals surface area contributed by atoms with Crippen molar-refractivity contribution in [2.45, 2.75) is 33.1 Å². The molecule has 1 N–H and O–H groups in total. The number of hydrogen-bond acceptors (Lipinski definition) is 3. The summed E-state index contributed by atoms with van der Waals surface area (Å²) in [6, 6.07) is 12.3. The van der Waals surface area contributed by atoms with Gasteiger partial charge >= 0.3 is 0 Å². The smallest absolute Gasteiger partial charge is 0.224 e. The molecule has 0 aliphatic carbocycles. The van der Waals surface area contributed by atoms with Crippen molar-refractivity contribution in [3.8, 4) is 5.75 Å². The molecule has 0 saturated carbocycles. The molecule has 0 saturated heterocycles. The van der Waals surface area contributed by atoms with Crippen LogP contribution in [0.15, 0.2) is 42.5 Å². The van der Waals surface area contributed by atoms with Crippen molar-refractivity contribution in [3.63, 3.8) is 0 Å². The first-order valence-electron chi connectivity index (χ1n) is 8.31. The number of ketones is 1. The van der Waals surface area contributed by atoms with Crippen LogP contribution < -0.4 is 10.1 Å². The number of Topliss-reactive ketones (excluding diaryl/α,β-unsaturated/α-hetero) is 1. The molecular formula is C20H22ClNO3. The average molecular weight is 360 g/mol. The van der Waals surface area contributed by atoms with Gasteiger partial charge in [0.1, 0.15) is 5.75 Å². The third-order valence-corrected chi connectivity index (χ3v) is 3.94. The molecule has 0 aliphatic rings. The van der Waals surface area contributed by atoms with Crippen LogP contribution >= 0.6 is 11.6 Å². The molecule has 0 atom stereocenters. The van der Waals surface area contributed by atoms with E-state index in [1.54, 1.807) is 36.4 Å². The van der Waals surface area contributed by atoms with Gasteiger partial charge in [0.2, 0.25) is 5.91 Å². The largest absolute Gasteiger partial charge is 0.494 e. The second-order valence-electron chi connectivity index (χ2n) is 5.80. The number of anilines is 1. The third kappa shape index (κ3) is 5.91. The van der Waals surface area contributed by atoms with E-state index in [1.165, 1.54) is 0 Å². The van der Waals surface area contributed by atoms with E-state index in [1.807, 2.05) is 19.9 Å². The van der Waals surface area contributed by atoms with Gasteiger partial charge < -0.3 is 10.1 Å². The molecule has 0 unspecified atom stereocenters. The zero-order valence-electron chi connectivity index (χ0n) is 14.5. The average Bonchev–Trinajstić information content (AvgIpc) is 2.61. The Bertz CT molecular complexity index is 741. The lowest BCUT2D eigenvalue weighted by molar-refractivity contribution is -0.116. The van der Waals surface area contributed by atoms with Gasteiger partial charge in [-0.3, -0.25) is 9.59 Å². The molecule has 0 aliphatic heterocycles. The number of carbonyl (C=O) groups is 2. The quantitative estimate of drug-likeness (QED) is 0.672. The molecule has 2 aromatic rings. The van der Waals surface area contributed by atoms with Gasteiger partial charge in [0.05, 0.1) is 6.61 Å². The van der Waals surface area contributed by atoms with E-state index >= 15 is 0 Å². The van der Waals surface area contributed by atoms with Gasteiger partial charge in [0.25, 0.3) is 0 Å². The van der Waals surface area contributed by atoms with Crippen molar-refractivity contribution in [2.75, 3.05) is 11.9 Å². The molecule has 0 fully saturated rings. The highest BCUT2D eigenvalue weighted by atomic mass is 35.5. The fourth-order valence-electron chi connectivity index (χ4n) is 2.27. The van der Waals surface area contributed by atoms with E-state index in [0.29, 0.717) is 22.9 Å². The first-order valence-corrected chi connectivity index (χ1v) is 8.69. The van der Waals surface area contributed by atoms with Crippen molar-refractivity contribution >= 4 is 29.0 Å². The Hall–Kier alpha value is -2.33. The Morgan fingerprint density at radius 1 is 1.08 bits per heavy atom. The molecule has 2 aromatic carbocycles. The summed E-state index contributed by atoms with van der Waals surface area (Å²) in [5, 5.41) is 3.35. The van der Waals surface area contributed by atoms with E-state index in [2.05, 4.69) is 5.32 Å². The predicted octanol–water partition coefficient (Wildman–Crippen LogP) is 5.04. The number of benzene rings is 2. The van der Waals surface area contributed by atoms with Crippen LogP contribution in [0, 0.1) is 6.92 Å². The molecule has 0 radical (unpaired) electrons. The second-order valence-corrected chi connectivity index (χ2v) is 6.24. The van der Waals surface area contributed by atoms with E-state index in [-0.39, 0.29) is 24.5 Å². The molecule has 4 nitrogen and oxygen atoms in total. The van der Waals surface area contributed by atoms with Crippen molar-refractivity contribution in [3.05, 3.63) is 58.6 Å². The standard InChI is InChI=1S/C20H22ClNO3/c1-3-12-25-17-8-5-15(6-9-17)19(23)10-11-20(24)22-18-13-16(21)7-4-14(18)2/h4-9,13H,3,10-12H2,1-2H3,(H,22,24). The van der Waals surface area contributed by atoms with Crippen LogP contribution in [-0.4, -0.2) is 18.3 Å². The Morgan fingerprint density at radius 3 is 2.48 bits per heavy atom. The minimum atomic E-state index is -0.207. The van der Waals surface area contributed by atoms with Gasteiger partial charge in [-0.05, 0) is 55.3 Å². The summed E-state index contributed by atoms with van der Waals surface area (Å²) in [5.74, 6) is 0.467. The van der Waals surface area contributed by atoms with Crippen LogP contribution in [0.2, 0.25) is 5.02 Å². The number of ether oxygens (including phenoxy) is 1. The van der Waals surface area contributed by atoms with Crippen LogP contribution in [0.4, 0.5) is 5.69 Å². The maximum atomic E-state index is 12.2. The van der Waals surface area contributed by atoms with Gasteiger partial charge in [-0.1, -0.05) is 24.6 Å². The molecule has 132 valence electrons. The monoisotopic (exact) mass is 359 g/mol. The lowest BCUT2D eigenvalue weighted by Crippen LogP contribution is -2.14. The van der Waals surface area contributed by atoms with E-state index in [0.717, 1.165) is 17.7 Å². The summed E-state index contributed by atoms with van der Waals surface area (Å²) in [5.41, 5.74) is 2.17. The highest BCUT2D eigenvalue weighted by Gasteiger charge is 2.11. The number of hydrogen-bond donors (Lipinski definition) is 1. The van der Waals surface area contributed by atoms with Gasteiger partial charge in [-0.15, -0.1) is 0 Å². The van der Waals surface area contributed by atoms with E-state index in [4.69, 9.17) is 16.3 Å². The van der Waals surface area contributed by atoms with Gasteiger partial charge in [0, 0.05) is 29.1 Å². The van der Waals surface area contributed by atoms with Crippen molar-refractivity contribution in [1.82, 2.24) is 0 Å². The van der Waals surface area contributed by atoms with Crippen molar-refractivity contribution in [2.24, 2.45) is 0 Å². The fourth-order valence-corrected chi connectivity index (χ4v) is 2.44. The lowest BCUT2D eigenvalue weighted by Gasteiger charge is -2.09. The van der Waals surface area contributed by atoms with E-state index < -0.39 is 0 Å². The zero-order chi connectivity index (χ0) is 18.2. The highest BCUT2D eigenvalue weighted by molar-refractivity contribution is 6.31. The molecule has 1 amide bonds.